The molecule has 0 aromatic heterocycles. The molecule has 5 heteroatoms. The molecule has 2 unspecified atom stereocenters. The minimum Gasteiger partial charge on any atom is -0.508 e. The zero-order valence-electron chi connectivity index (χ0n) is 8.29. The summed E-state index contributed by atoms with van der Waals surface area (Å²) in [4.78, 5) is 0. The second-order valence-corrected chi connectivity index (χ2v) is 3.12. The summed E-state index contributed by atoms with van der Waals surface area (Å²) in [6, 6.07) is 4.15. The highest BCUT2D eigenvalue weighted by atomic mass is 16.5. The molecule has 0 heterocycles. The topological polar surface area (TPSA) is 90.2 Å². The van der Waals surface area contributed by atoms with Crippen LogP contribution in [-0.4, -0.2) is 40.2 Å². The third-order valence-electron chi connectivity index (χ3n) is 2.08. The van der Waals surface area contributed by atoms with Gasteiger partial charge < -0.3 is 25.2 Å². The van der Waals surface area contributed by atoms with Crippen molar-refractivity contribution in [3.05, 3.63) is 23.8 Å². The van der Waals surface area contributed by atoms with Crippen LogP contribution < -0.4 is 4.74 Å². The maximum Gasteiger partial charge on any atom is 0.125 e. The van der Waals surface area contributed by atoms with Crippen molar-refractivity contribution in [2.75, 3.05) is 13.7 Å². The Morgan fingerprint density at radius 2 is 2.00 bits per heavy atom. The van der Waals surface area contributed by atoms with E-state index in [1.54, 1.807) is 0 Å². The molecular formula is C10H14O5. The van der Waals surface area contributed by atoms with Gasteiger partial charge in [0.2, 0.25) is 0 Å². The first-order valence-electron chi connectivity index (χ1n) is 4.44. The summed E-state index contributed by atoms with van der Waals surface area (Å²) in [6.45, 7) is -0.569. The van der Waals surface area contributed by atoms with E-state index in [0.717, 1.165) is 0 Å². The lowest BCUT2D eigenvalue weighted by Gasteiger charge is -2.18. The van der Waals surface area contributed by atoms with Crippen molar-refractivity contribution in [2.24, 2.45) is 0 Å². The fourth-order valence-electron chi connectivity index (χ4n) is 1.26. The number of benzene rings is 1. The molecule has 2 atom stereocenters. The molecule has 5 nitrogen and oxygen atoms in total. The zero-order valence-corrected chi connectivity index (χ0v) is 8.29. The van der Waals surface area contributed by atoms with E-state index in [9.17, 15) is 15.3 Å². The molecule has 1 aromatic rings. The third-order valence-corrected chi connectivity index (χ3v) is 2.08. The standard InChI is InChI=1S/C10H14O5/c1-15-9-3-2-6(12)4-7(9)10(14)8(13)5-11/h2-4,8,10-14H,5H2,1H3. The maximum absolute atomic E-state index is 9.62. The number of rotatable bonds is 4. The number of phenolic OH excluding ortho intramolecular Hbond substituents is 1. The Bertz CT molecular complexity index is 326. The predicted molar refractivity (Wildman–Crippen MR) is 52.7 cm³/mol. The molecule has 0 saturated carbocycles. The molecule has 0 spiro atoms. The summed E-state index contributed by atoms with van der Waals surface area (Å²) in [5, 5.41) is 36.8. The lowest BCUT2D eigenvalue weighted by atomic mass is 10.0. The molecule has 0 fully saturated rings. The normalized spacial score (nSPS) is 14.7. The first kappa shape index (κ1) is 11.8. The number of hydrogen-bond acceptors (Lipinski definition) is 5. The molecule has 0 radical (unpaired) electrons. The van der Waals surface area contributed by atoms with Crippen LogP contribution in [0.2, 0.25) is 0 Å². The lowest BCUT2D eigenvalue weighted by molar-refractivity contribution is -0.0163. The van der Waals surface area contributed by atoms with Gasteiger partial charge in [0.15, 0.2) is 0 Å². The molecule has 15 heavy (non-hydrogen) atoms. The summed E-state index contributed by atoms with van der Waals surface area (Å²) < 4.78 is 4.95. The van der Waals surface area contributed by atoms with Crippen LogP contribution in [0.3, 0.4) is 0 Å². The molecule has 0 saturated heterocycles. The van der Waals surface area contributed by atoms with Gasteiger partial charge in [-0.1, -0.05) is 0 Å². The second kappa shape index (κ2) is 4.97. The van der Waals surface area contributed by atoms with Crippen LogP contribution in [0.4, 0.5) is 0 Å². The molecule has 0 aliphatic rings. The number of ether oxygens (including phenoxy) is 1. The van der Waals surface area contributed by atoms with Gasteiger partial charge in [-0.2, -0.15) is 0 Å². The van der Waals surface area contributed by atoms with Crippen molar-refractivity contribution in [3.8, 4) is 11.5 Å². The van der Waals surface area contributed by atoms with Crippen LogP contribution in [0.5, 0.6) is 11.5 Å². The van der Waals surface area contributed by atoms with Crippen molar-refractivity contribution in [2.45, 2.75) is 12.2 Å². The van der Waals surface area contributed by atoms with E-state index < -0.39 is 18.8 Å². The number of methoxy groups -OCH3 is 1. The third kappa shape index (κ3) is 2.59. The van der Waals surface area contributed by atoms with Gasteiger partial charge in [0.25, 0.3) is 0 Å². The first-order chi connectivity index (χ1) is 7.10. The summed E-state index contributed by atoms with van der Waals surface area (Å²) in [5.74, 6) is 0.294. The van der Waals surface area contributed by atoms with Crippen molar-refractivity contribution in [1.82, 2.24) is 0 Å². The number of phenols is 1. The SMILES string of the molecule is COc1ccc(O)cc1C(O)C(O)CO. The lowest BCUT2D eigenvalue weighted by Crippen LogP contribution is -2.22. The molecular weight excluding hydrogens is 200 g/mol. The average Bonchev–Trinajstić information content (AvgIpc) is 2.27. The van der Waals surface area contributed by atoms with E-state index in [1.165, 1.54) is 25.3 Å². The minimum atomic E-state index is -1.30. The van der Waals surface area contributed by atoms with Gasteiger partial charge in [-0.05, 0) is 18.2 Å². The van der Waals surface area contributed by atoms with E-state index in [0.29, 0.717) is 5.75 Å². The van der Waals surface area contributed by atoms with Crippen LogP contribution in [0.25, 0.3) is 0 Å². The smallest absolute Gasteiger partial charge is 0.125 e. The van der Waals surface area contributed by atoms with E-state index >= 15 is 0 Å². The minimum absolute atomic E-state index is 0.0463. The maximum atomic E-state index is 9.62. The van der Waals surface area contributed by atoms with Crippen molar-refractivity contribution < 1.29 is 25.2 Å². The van der Waals surface area contributed by atoms with Gasteiger partial charge >= 0.3 is 0 Å². The van der Waals surface area contributed by atoms with Gasteiger partial charge in [-0.15, -0.1) is 0 Å². The largest absolute Gasteiger partial charge is 0.508 e. The number of hydrogen-bond donors (Lipinski definition) is 4. The molecule has 0 aliphatic carbocycles. The molecule has 0 bridgehead atoms. The number of aliphatic hydroxyl groups excluding tert-OH is 3. The summed E-state index contributed by atoms with van der Waals surface area (Å²) in [6.07, 6.45) is -2.60. The van der Waals surface area contributed by atoms with Gasteiger partial charge in [-0.3, -0.25) is 0 Å². The van der Waals surface area contributed by atoms with Gasteiger partial charge in [0, 0.05) is 5.56 Å². The van der Waals surface area contributed by atoms with Crippen molar-refractivity contribution in [1.29, 1.82) is 0 Å². The Hall–Kier alpha value is -1.30. The molecule has 1 rings (SSSR count). The molecule has 1 aromatic carbocycles. The summed E-state index contributed by atoms with van der Waals surface area (Å²) in [5.41, 5.74) is 0.235. The predicted octanol–water partition coefficient (Wildman–Crippen LogP) is -0.213. The Morgan fingerprint density at radius 3 is 2.53 bits per heavy atom. The van der Waals surface area contributed by atoms with Gasteiger partial charge in [0.05, 0.1) is 13.7 Å². The highest BCUT2D eigenvalue weighted by molar-refractivity contribution is 5.41. The van der Waals surface area contributed by atoms with Crippen LogP contribution in [0.15, 0.2) is 18.2 Å². The fraction of sp³-hybridized carbons (Fsp3) is 0.400. The van der Waals surface area contributed by atoms with Crippen LogP contribution >= 0.6 is 0 Å². The highest BCUT2D eigenvalue weighted by Crippen LogP contribution is 2.30. The number of aromatic hydroxyl groups is 1. The summed E-state index contributed by atoms with van der Waals surface area (Å²) >= 11 is 0. The Morgan fingerprint density at radius 1 is 1.33 bits per heavy atom. The van der Waals surface area contributed by atoms with E-state index in [1.807, 2.05) is 0 Å². The molecule has 0 amide bonds. The average molecular weight is 214 g/mol. The second-order valence-electron chi connectivity index (χ2n) is 3.12. The fourth-order valence-corrected chi connectivity index (χ4v) is 1.26. The van der Waals surface area contributed by atoms with Crippen LogP contribution in [0, 0.1) is 0 Å². The van der Waals surface area contributed by atoms with Crippen LogP contribution in [0.1, 0.15) is 11.7 Å². The number of aliphatic hydroxyl groups is 3. The first-order valence-corrected chi connectivity index (χ1v) is 4.44. The monoisotopic (exact) mass is 214 g/mol. The Kier molecular flexibility index (Phi) is 3.90. The highest BCUT2D eigenvalue weighted by Gasteiger charge is 2.21. The summed E-state index contributed by atoms with van der Waals surface area (Å²) in [7, 11) is 1.41. The van der Waals surface area contributed by atoms with E-state index in [4.69, 9.17) is 9.84 Å². The molecule has 4 N–H and O–H groups in total. The zero-order chi connectivity index (χ0) is 11.4. The molecule has 0 aliphatic heterocycles. The van der Waals surface area contributed by atoms with Crippen molar-refractivity contribution in [3.63, 3.8) is 0 Å². The van der Waals surface area contributed by atoms with Crippen LogP contribution in [-0.2, 0) is 0 Å². The van der Waals surface area contributed by atoms with E-state index in [-0.39, 0.29) is 11.3 Å². The van der Waals surface area contributed by atoms with Gasteiger partial charge in [-0.25, -0.2) is 0 Å². The Labute approximate surface area is 87.2 Å². The quantitative estimate of drug-likeness (QED) is 0.556. The van der Waals surface area contributed by atoms with Gasteiger partial charge in [0.1, 0.15) is 23.7 Å². The molecule has 84 valence electrons. The van der Waals surface area contributed by atoms with E-state index in [2.05, 4.69) is 0 Å². The van der Waals surface area contributed by atoms with Crippen molar-refractivity contribution >= 4 is 0 Å². The Balaban J connectivity index is 3.05.